The number of ether oxygens (including phenoxy) is 2. The van der Waals surface area contributed by atoms with Crippen LogP contribution in [0.4, 0.5) is 13.2 Å². The third kappa shape index (κ3) is 3.78. The minimum Gasteiger partial charge on any atom is -0.497 e. The summed E-state index contributed by atoms with van der Waals surface area (Å²) >= 11 is 0.750. The lowest BCUT2D eigenvalue weighted by molar-refractivity contribution is -0.198. The number of thiophene rings is 1. The highest BCUT2D eigenvalue weighted by molar-refractivity contribution is 7.19. The van der Waals surface area contributed by atoms with Crippen LogP contribution in [0.1, 0.15) is 28.8 Å². The third-order valence-corrected chi connectivity index (χ3v) is 8.70. The molecule has 0 aliphatic carbocycles. The Morgan fingerprint density at radius 1 is 1.08 bits per heavy atom. The Labute approximate surface area is 210 Å². The molecule has 36 heavy (non-hydrogen) atoms. The number of oxime groups is 1. The van der Waals surface area contributed by atoms with E-state index in [1.54, 1.807) is 26.4 Å². The second kappa shape index (κ2) is 8.55. The summed E-state index contributed by atoms with van der Waals surface area (Å²) in [5, 5.41) is 5.13. The number of piperidine rings is 3. The minimum atomic E-state index is -4.37. The van der Waals surface area contributed by atoms with E-state index in [0.717, 1.165) is 54.9 Å². The van der Waals surface area contributed by atoms with E-state index in [0.29, 0.717) is 39.9 Å². The molecule has 0 radical (unpaired) electrons. The fourth-order valence-electron chi connectivity index (χ4n) is 5.68. The van der Waals surface area contributed by atoms with E-state index in [1.165, 1.54) is 6.07 Å². The van der Waals surface area contributed by atoms with Crippen molar-refractivity contribution in [2.75, 3.05) is 33.9 Å². The largest absolute Gasteiger partial charge is 0.497 e. The predicted molar refractivity (Wildman–Crippen MR) is 131 cm³/mol. The Kier molecular flexibility index (Phi) is 5.56. The molecule has 1 spiro atoms. The van der Waals surface area contributed by atoms with Crippen molar-refractivity contribution in [2.45, 2.75) is 31.3 Å². The van der Waals surface area contributed by atoms with Gasteiger partial charge in [0.2, 0.25) is 5.72 Å². The van der Waals surface area contributed by atoms with Gasteiger partial charge < -0.3 is 19.2 Å². The SMILES string of the molecule is COc1ccc(CN2C(c3ccc4cc(C(F)(F)F)sc4c3)=NO[C@@]23CN2CCC3CC2)c(OC)c1. The molecule has 1 atom stereocenters. The molecule has 2 aromatic carbocycles. The molecule has 190 valence electrons. The van der Waals surface area contributed by atoms with Crippen molar-refractivity contribution >= 4 is 27.3 Å². The van der Waals surface area contributed by atoms with Gasteiger partial charge in [0.05, 0.1) is 27.3 Å². The molecule has 7 rings (SSSR count). The summed E-state index contributed by atoms with van der Waals surface area (Å²) in [5.74, 6) is 2.32. The summed E-state index contributed by atoms with van der Waals surface area (Å²) in [6.45, 7) is 3.27. The van der Waals surface area contributed by atoms with Crippen LogP contribution in [0.3, 0.4) is 0 Å². The molecule has 0 N–H and O–H groups in total. The van der Waals surface area contributed by atoms with Crippen molar-refractivity contribution in [3.63, 3.8) is 0 Å². The highest BCUT2D eigenvalue weighted by Gasteiger charge is 2.57. The van der Waals surface area contributed by atoms with Crippen LogP contribution in [0, 0.1) is 5.92 Å². The molecule has 10 heteroatoms. The third-order valence-electron chi connectivity index (χ3n) is 7.56. The number of methoxy groups -OCH3 is 2. The van der Waals surface area contributed by atoms with Gasteiger partial charge in [0, 0.05) is 27.8 Å². The summed E-state index contributed by atoms with van der Waals surface area (Å²) in [6.07, 6.45) is -2.34. The van der Waals surface area contributed by atoms with Crippen LogP contribution >= 0.6 is 11.3 Å². The maximum atomic E-state index is 13.3. The second-order valence-corrected chi connectivity index (χ2v) is 10.6. The van der Waals surface area contributed by atoms with E-state index in [9.17, 15) is 13.2 Å². The molecule has 3 fully saturated rings. The number of fused-ring (bicyclic) bond motifs is 3. The minimum absolute atomic E-state index is 0.301. The van der Waals surface area contributed by atoms with Crippen molar-refractivity contribution < 1.29 is 27.5 Å². The molecule has 5 heterocycles. The lowest BCUT2D eigenvalue weighted by Gasteiger charge is -2.53. The zero-order valence-electron chi connectivity index (χ0n) is 20.0. The first-order valence-electron chi connectivity index (χ1n) is 11.9. The average molecular weight is 518 g/mol. The number of halogens is 3. The number of hydrogen-bond acceptors (Lipinski definition) is 7. The summed E-state index contributed by atoms with van der Waals surface area (Å²) in [4.78, 5) is 10.3. The molecule has 4 aliphatic heterocycles. The van der Waals surface area contributed by atoms with Gasteiger partial charge >= 0.3 is 6.18 Å². The van der Waals surface area contributed by atoms with Crippen LogP contribution in [0.25, 0.3) is 10.1 Å². The van der Waals surface area contributed by atoms with E-state index in [4.69, 9.17) is 14.3 Å². The van der Waals surface area contributed by atoms with Gasteiger partial charge in [0.1, 0.15) is 16.4 Å². The maximum Gasteiger partial charge on any atom is 0.425 e. The molecule has 0 amide bonds. The molecule has 0 unspecified atom stereocenters. The number of hydrogen-bond donors (Lipinski definition) is 0. The number of rotatable bonds is 5. The highest BCUT2D eigenvalue weighted by atomic mass is 32.1. The Hall–Kier alpha value is -2.98. The monoisotopic (exact) mass is 517 g/mol. The molecule has 0 saturated carbocycles. The molecular weight excluding hydrogens is 491 g/mol. The molecule has 2 bridgehead atoms. The number of amidine groups is 1. The Morgan fingerprint density at radius 2 is 1.89 bits per heavy atom. The molecule has 3 saturated heterocycles. The van der Waals surface area contributed by atoms with Crippen LogP contribution < -0.4 is 9.47 Å². The zero-order chi connectivity index (χ0) is 25.1. The lowest BCUT2D eigenvalue weighted by atomic mass is 9.79. The quantitative estimate of drug-likeness (QED) is 0.444. The molecule has 4 aliphatic rings. The molecule has 1 aromatic heterocycles. The van der Waals surface area contributed by atoms with Gasteiger partial charge in [-0.25, -0.2) is 0 Å². The Bertz CT molecular complexity index is 1330. The summed E-state index contributed by atoms with van der Waals surface area (Å²) in [6, 6.07) is 12.3. The van der Waals surface area contributed by atoms with E-state index < -0.39 is 16.8 Å². The van der Waals surface area contributed by atoms with E-state index in [2.05, 4.69) is 15.0 Å². The van der Waals surface area contributed by atoms with Crippen LogP contribution in [-0.4, -0.2) is 55.2 Å². The van der Waals surface area contributed by atoms with Crippen LogP contribution in [0.15, 0.2) is 47.6 Å². The van der Waals surface area contributed by atoms with Crippen molar-refractivity contribution in [1.29, 1.82) is 0 Å². The van der Waals surface area contributed by atoms with Crippen molar-refractivity contribution in [2.24, 2.45) is 11.1 Å². The average Bonchev–Trinajstić information content (AvgIpc) is 3.47. The van der Waals surface area contributed by atoms with E-state index in [1.807, 2.05) is 24.3 Å². The summed E-state index contributed by atoms with van der Waals surface area (Å²) in [7, 11) is 3.24. The van der Waals surface area contributed by atoms with Crippen molar-refractivity contribution in [3.8, 4) is 11.5 Å². The van der Waals surface area contributed by atoms with Gasteiger partial charge in [0.25, 0.3) is 0 Å². The predicted octanol–water partition coefficient (Wildman–Crippen LogP) is 5.55. The van der Waals surface area contributed by atoms with Crippen LogP contribution in [0.2, 0.25) is 0 Å². The normalized spacial score (nSPS) is 25.4. The first kappa shape index (κ1) is 23.4. The fourth-order valence-corrected chi connectivity index (χ4v) is 6.65. The Morgan fingerprint density at radius 3 is 2.56 bits per heavy atom. The van der Waals surface area contributed by atoms with Gasteiger partial charge in [-0.1, -0.05) is 17.3 Å². The summed E-state index contributed by atoms with van der Waals surface area (Å²) < 4.78 is 51.5. The van der Waals surface area contributed by atoms with Crippen molar-refractivity contribution in [3.05, 3.63) is 58.5 Å². The fraction of sp³-hybridized carbons (Fsp3) is 0.423. The molecule has 6 nitrogen and oxygen atoms in total. The van der Waals surface area contributed by atoms with Crippen molar-refractivity contribution in [1.82, 2.24) is 9.80 Å². The van der Waals surface area contributed by atoms with Crippen LogP contribution in [-0.2, 0) is 17.6 Å². The standard InChI is InChI=1S/C26H26F3N3O3S/c1-33-20-6-5-18(21(13-20)34-2)14-32-24(30-35-25(32)15-31-9-7-19(25)8-10-31)17-4-3-16-12-23(26(27,28)29)36-22(16)11-17/h3-6,11-13,19H,7-10,14-15H2,1-2H3/t25-/m1/s1. The summed E-state index contributed by atoms with van der Waals surface area (Å²) in [5.41, 5.74) is 1.06. The molecule has 3 aromatic rings. The van der Waals surface area contributed by atoms with Gasteiger partial charge in [-0.05, 0) is 55.6 Å². The number of nitrogens with zero attached hydrogens (tertiary/aromatic N) is 3. The number of benzene rings is 2. The molecular formula is C26H26F3N3O3S. The highest BCUT2D eigenvalue weighted by Crippen LogP contribution is 2.46. The topological polar surface area (TPSA) is 46.5 Å². The first-order valence-corrected chi connectivity index (χ1v) is 12.7. The smallest absolute Gasteiger partial charge is 0.425 e. The first-order chi connectivity index (χ1) is 17.3. The Balaban J connectivity index is 1.41. The van der Waals surface area contributed by atoms with E-state index >= 15 is 0 Å². The van der Waals surface area contributed by atoms with Crippen LogP contribution in [0.5, 0.6) is 11.5 Å². The van der Waals surface area contributed by atoms with Gasteiger partial charge in [-0.15, -0.1) is 11.3 Å². The van der Waals surface area contributed by atoms with Gasteiger partial charge in [-0.3, -0.25) is 4.90 Å². The second-order valence-electron chi connectivity index (χ2n) is 9.53. The number of alkyl halides is 3. The van der Waals surface area contributed by atoms with Gasteiger partial charge in [0.15, 0.2) is 5.84 Å². The maximum absolute atomic E-state index is 13.3. The van der Waals surface area contributed by atoms with Gasteiger partial charge in [-0.2, -0.15) is 13.2 Å². The zero-order valence-corrected chi connectivity index (χ0v) is 20.8. The lowest BCUT2D eigenvalue weighted by Crippen LogP contribution is -2.66. The van der Waals surface area contributed by atoms with E-state index in [-0.39, 0.29) is 0 Å².